The van der Waals surface area contributed by atoms with Crippen LogP contribution in [0.2, 0.25) is 0 Å². The minimum atomic E-state index is -0.506. The van der Waals surface area contributed by atoms with E-state index >= 15 is 0 Å². The first-order valence-electron chi connectivity index (χ1n) is 7.07. The molecule has 0 aromatic heterocycles. The molecule has 4 nitrogen and oxygen atoms in total. The quantitative estimate of drug-likeness (QED) is 0.347. The van der Waals surface area contributed by atoms with Crippen molar-refractivity contribution in [1.29, 1.82) is 0 Å². The Labute approximate surface area is 116 Å². The lowest BCUT2D eigenvalue weighted by Crippen LogP contribution is -2.08. The zero-order chi connectivity index (χ0) is 14.5. The van der Waals surface area contributed by atoms with Crippen molar-refractivity contribution in [3.63, 3.8) is 0 Å². The molecule has 0 aliphatic rings. The van der Waals surface area contributed by atoms with Gasteiger partial charge in [-0.15, -0.1) is 0 Å². The van der Waals surface area contributed by atoms with E-state index in [1.165, 1.54) is 19.3 Å². The highest BCUT2D eigenvalue weighted by Crippen LogP contribution is 2.02. The van der Waals surface area contributed by atoms with Gasteiger partial charge in [0.25, 0.3) is 0 Å². The molecule has 0 aliphatic heterocycles. The Balaban J connectivity index is 3.59. The number of hydrogen-bond acceptors (Lipinski definition) is 4. The average Bonchev–Trinajstić information content (AvgIpc) is 2.38. The molecule has 0 aromatic rings. The van der Waals surface area contributed by atoms with Crippen LogP contribution in [0.5, 0.6) is 0 Å². The van der Waals surface area contributed by atoms with E-state index in [0.717, 1.165) is 25.0 Å². The summed E-state index contributed by atoms with van der Waals surface area (Å²) in [7, 11) is 0. The fraction of sp³-hybridized carbons (Fsp3) is 0.733. The summed E-state index contributed by atoms with van der Waals surface area (Å²) in [4.78, 5) is 22.4. The Morgan fingerprint density at radius 3 is 2.11 bits per heavy atom. The van der Waals surface area contributed by atoms with Crippen molar-refractivity contribution >= 4 is 11.9 Å². The van der Waals surface area contributed by atoms with Gasteiger partial charge in [-0.3, -0.25) is 0 Å². The van der Waals surface area contributed by atoms with Crippen LogP contribution in [0.1, 0.15) is 52.9 Å². The summed E-state index contributed by atoms with van der Waals surface area (Å²) in [5.41, 5.74) is 0. The molecule has 0 atom stereocenters. The number of rotatable bonds is 10. The summed E-state index contributed by atoms with van der Waals surface area (Å²) in [6, 6.07) is 0. The van der Waals surface area contributed by atoms with Crippen molar-refractivity contribution in [2.75, 3.05) is 13.2 Å². The van der Waals surface area contributed by atoms with Gasteiger partial charge in [0.15, 0.2) is 0 Å². The number of carbonyl (C=O) groups excluding carboxylic acids is 2. The second-order valence-electron chi connectivity index (χ2n) is 4.94. The number of esters is 2. The van der Waals surface area contributed by atoms with Gasteiger partial charge in [0, 0.05) is 12.2 Å². The van der Waals surface area contributed by atoms with Gasteiger partial charge in [-0.1, -0.05) is 46.5 Å². The number of ether oxygens (including phenoxy) is 2. The first-order chi connectivity index (χ1) is 9.06. The Kier molecular flexibility index (Phi) is 10.9. The maximum atomic E-state index is 11.3. The second kappa shape index (κ2) is 11.8. The van der Waals surface area contributed by atoms with Crippen LogP contribution in [0.4, 0.5) is 0 Å². The summed E-state index contributed by atoms with van der Waals surface area (Å²) in [5, 5.41) is 0. The van der Waals surface area contributed by atoms with Gasteiger partial charge >= 0.3 is 11.9 Å². The fourth-order valence-electron chi connectivity index (χ4n) is 1.36. The normalized spacial score (nSPS) is 10.9. The van der Waals surface area contributed by atoms with Gasteiger partial charge in [-0.2, -0.15) is 0 Å². The van der Waals surface area contributed by atoms with Crippen LogP contribution in [0, 0.1) is 5.92 Å². The van der Waals surface area contributed by atoms with E-state index in [2.05, 4.69) is 6.92 Å². The third-order valence-electron chi connectivity index (χ3n) is 2.41. The second-order valence-corrected chi connectivity index (χ2v) is 4.94. The van der Waals surface area contributed by atoms with E-state index in [0.29, 0.717) is 13.2 Å². The summed E-state index contributed by atoms with van der Waals surface area (Å²) in [5.74, 6) is -0.710. The van der Waals surface area contributed by atoms with Crippen molar-refractivity contribution in [2.24, 2.45) is 5.92 Å². The van der Waals surface area contributed by atoms with Crippen LogP contribution in [0.3, 0.4) is 0 Å². The molecular formula is C15H26O4. The van der Waals surface area contributed by atoms with Crippen molar-refractivity contribution in [2.45, 2.75) is 52.9 Å². The lowest BCUT2D eigenvalue weighted by molar-refractivity contribution is -0.141. The molecule has 0 aromatic carbocycles. The highest BCUT2D eigenvalue weighted by Gasteiger charge is 2.02. The lowest BCUT2D eigenvalue weighted by Gasteiger charge is -2.04. The summed E-state index contributed by atoms with van der Waals surface area (Å²) >= 11 is 0. The highest BCUT2D eigenvalue weighted by molar-refractivity contribution is 5.91. The molecule has 0 saturated heterocycles. The molecule has 0 spiro atoms. The molecule has 0 aliphatic carbocycles. The maximum absolute atomic E-state index is 11.3. The third kappa shape index (κ3) is 12.9. The molecule has 0 bridgehead atoms. The van der Waals surface area contributed by atoms with Gasteiger partial charge in [-0.05, 0) is 12.3 Å². The Morgan fingerprint density at radius 1 is 0.947 bits per heavy atom. The van der Waals surface area contributed by atoms with E-state index in [1.54, 1.807) is 0 Å². The predicted octanol–water partition coefficient (Wildman–Crippen LogP) is 3.26. The van der Waals surface area contributed by atoms with Crippen molar-refractivity contribution in [3.8, 4) is 0 Å². The highest BCUT2D eigenvalue weighted by atomic mass is 16.5. The molecule has 0 amide bonds. The monoisotopic (exact) mass is 270 g/mol. The van der Waals surface area contributed by atoms with E-state index < -0.39 is 11.9 Å². The first-order valence-corrected chi connectivity index (χ1v) is 7.07. The number of hydrogen-bond donors (Lipinski definition) is 0. The van der Waals surface area contributed by atoms with Crippen LogP contribution < -0.4 is 0 Å². The van der Waals surface area contributed by atoms with Gasteiger partial charge < -0.3 is 9.47 Å². The van der Waals surface area contributed by atoms with Crippen molar-refractivity contribution in [1.82, 2.24) is 0 Å². The summed E-state index contributed by atoms with van der Waals surface area (Å²) in [6.45, 7) is 6.82. The van der Waals surface area contributed by atoms with E-state index in [1.807, 2.05) is 13.8 Å². The predicted molar refractivity (Wildman–Crippen MR) is 74.7 cm³/mol. The molecule has 0 N–H and O–H groups in total. The van der Waals surface area contributed by atoms with Crippen LogP contribution in [0.15, 0.2) is 12.2 Å². The molecule has 0 fully saturated rings. The van der Waals surface area contributed by atoms with E-state index in [-0.39, 0.29) is 5.92 Å². The first kappa shape index (κ1) is 17.7. The van der Waals surface area contributed by atoms with Crippen LogP contribution in [-0.4, -0.2) is 25.2 Å². The Morgan fingerprint density at radius 2 is 1.53 bits per heavy atom. The average molecular weight is 270 g/mol. The fourth-order valence-corrected chi connectivity index (χ4v) is 1.36. The largest absolute Gasteiger partial charge is 0.463 e. The maximum Gasteiger partial charge on any atom is 0.331 e. The van der Waals surface area contributed by atoms with Gasteiger partial charge in [-0.25, -0.2) is 9.59 Å². The lowest BCUT2D eigenvalue weighted by atomic mass is 10.2. The Hall–Kier alpha value is -1.32. The summed E-state index contributed by atoms with van der Waals surface area (Å²) in [6.07, 6.45) is 7.76. The molecule has 0 radical (unpaired) electrons. The van der Waals surface area contributed by atoms with E-state index in [9.17, 15) is 9.59 Å². The molecule has 0 rings (SSSR count). The van der Waals surface area contributed by atoms with Crippen LogP contribution in [0.25, 0.3) is 0 Å². The molecule has 19 heavy (non-hydrogen) atoms. The van der Waals surface area contributed by atoms with Crippen LogP contribution in [-0.2, 0) is 19.1 Å². The van der Waals surface area contributed by atoms with Crippen LogP contribution >= 0.6 is 0 Å². The molecule has 0 heterocycles. The minimum absolute atomic E-state index is 0.285. The molecule has 110 valence electrons. The molecule has 4 heteroatoms. The zero-order valence-corrected chi connectivity index (χ0v) is 12.3. The number of carbonyl (C=O) groups is 2. The minimum Gasteiger partial charge on any atom is -0.463 e. The van der Waals surface area contributed by atoms with Crippen molar-refractivity contribution in [3.05, 3.63) is 12.2 Å². The van der Waals surface area contributed by atoms with Gasteiger partial charge in [0.2, 0.25) is 0 Å². The smallest absolute Gasteiger partial charge is 0.331 e. The third-order valence-corrected chi connectivity index (χ3v) is 2.41. The molecule has 0 unspecified atom stereocenters. The number of unbranched alkanes of at least 4 members (excludes halogenated alkanes) is 4. The Bertz CT molecular complexity index is 282. The standard InChI is InChI=1S/C15H26O4/c1-4-5-6-7-8-11-18-14(16)9-10-15(17)19-12-13(2)3/h9-10,13H,4-8,11-12H2,1-3H3/b10-9+. The summed E-state index contributed by atoms with van der Waals surface area (Å²) < 4.78 is 9.85. The topological polar surface area (TPSA) is 52.6 Å². The molecular weight excluding hydrogens is 244 g/mol. The van der Waals surface area contributed by atoms with Crippen molar-refractivity contribution < 1.29 is 19.1 Å². The van der Waals surface area contributed by atoms with E-state index in [4.69, 9.17) is 9.47 Å². The van der Waals surface area contributed by atoms with Gasteiger partial charge in [0.05, 0.1) is 13.2 Å². The zero-order valence-electron chi connectivity index (χ0n) is 12.3. The SMILES string of the molecule is CCCCCCCOC(=O)/C=C/C(=O)OCC(C)C. The van der Waals surface area contributed by atoms with Gasteiger partial charge in [0.1, 0.15) is 0 Å². The molecule has 0 saturated carbocycles.